The molecule has 5 nitrogen and oxygen atoms in total. The Hall–Kier alpha value is -0.650. The van der Waals surface area contributed by atoms with Crippen LogP contribution in [0.15, 0.2) is 0 Å². The van der Waals surface area contributed by atoms with Crippen molar-refractivity contribution in [1.82, 2.24) is 15.1 Å². The summed E-state index contributed by atoms with van der Waals surface area (Å²) in [6, 6.07) is 1.30. The minimum atomic E-state index is -0.178. The number of nitrogens with zero attached hydrogens (tertiary/aromatic N) is 2. The Morgan fingerprint density at radius 3 is 2.79 bits per heavy atom. The van der Waals surface area contributed by atoms with E-state index in [1.54, 1.807) is 0 Å². The molecule has 2 saturated heterocycles. The second-order valence-corrected chi connectivity index (χ2v) is 5.79. The predicted molar refractivity (Wildman–Crippen MR) is 75.1 cm³/mol. The van der Waals surface area contributed by atoms with Gasteiger partial charge in [-0.1, -0.05) is 0 Å². The van der Waals surface area contributed by atoms with Gasteiger partial charge in [-0.25, -0.2) is 0 Å². The van der Waals surface area contributed by atoms with Crippen molar-refractivity contribution in [2.75, 3.05) is 40.8 Å². The Morgan fingerprint density at radius 2 is 2.11 bits per heavy atom. The normalized spacial score (nSPS) is 30.1. The Balaban J connectivity index is 1.81. The number of carbonyl (C=O) groups excluding carboxylic acids is 1. The first-order chi connectivity index (χ1) is 9.15. The smallest absolute Gasteiger partial charge is 0.322 e. The Labute approximate surface area is 116 Å². The third-order valence-electron chi connectivity index (χ3n) is 4.80. The third-order valence-corrected chi connectivity index (χ3v) is 4.80. The number of fused-ring (bicyclic) bond motifs is 2. The topological polar surface area (TPSA) is 44.8 Å². The van der Waals surface area contributed by atoms with Gasteiger partial charge < -0.3 is 15.0 Å². The number of methoxy groups -OCH3 is 1. The number of carbonyl (C=O) groups is 1. The van der Waals surface area contributed by atoms with Crippen molar-refractivity contribution in [3.8, 4) is 0 Å². The fraction of sp³-hybridized carbons (Fsp3) is 0.929. The molecule has 0 spiro atoms. The number of hydrogen-bond donors (Lipinski definition) is 1. The number of rotatable bonds is 5. The number of ether oxygens (including phenoxy) is 1. The molecule has 2 fully saturated rings. The molecule has 3 atom stereocenters. The fourth-order valence-electron chi connectivity index (χ4n) is 3.42. The van der Waals surface area contributed by atoms with Crippen LogP contribution in [0.3, 0.4) is 0 Å². The SMILES string of the molecule is CNC(CCN1CCC2CCC(C1)N2C)C(=O)OC. The summed E-state index contributed by atoms with van der Waals surface area (Å²) in [4.78, 5) is 16.6. The highest BCUT2D eigenvalue weighted by molar-refractivity contribution is 5.75. The largest absolute Gasteiger partial charge is 0.468 e. The number of nitrogens with one attached hydrogen (secondary N) is 1. The maximum absolute atomic E-state index is 11.6. The van der Waals surface area contributed by atoms with Gasteiger partial charge in [-0.2, -0.15) is 0 Å². The van der Waals surface area contributed by atoms with E-state index < -0.39 is 0 Å². The van der Waals surface area contributed by atoms with E-state index in [0.29, 0.717) is 6.04 Å². The van der Waals surface area contributed by atoms with Gasteiger partial charge in [0.1, 0.15) is 6.04 Å². The summed E-state index contributed by atoms with van der Waals surface area (Å²) in [6.45, 7) is 3.27. The van der Waals surface area contributed by atoms with E-state index in [1.807, 2.05) is 7.05 Å². The van der Waals surface area contributed by atoms with Crippen molar-refractivity contribution >= 4 is 5.97 Å². The number of esters is 1. The van der Waals surface area contributed by atoms with Crippen LogP contribution in [0.1, 0.15) is 25.7 Å². The van der Waals surface area contributed by atoms with Gasteiger partial charge in [0.2, 0.25) is 0 Å². The van der Waals surface area contributed by atoms with Gasteiger partial charge in [0.05, 0.1) is 7.11 Å². The minimum absolute atomic E-state index is 0.157. The summed E-state index contributed by atoms with van der Waals surface area (Å²) in [5.41, 5.74) is 0. The van der Waals surface area contributed by atoms with E-state index in [1.165, 1.54) is 26.4 Å². The molecule has 0 aromatic carbocycles. The maximum Gasteiger partial charge on any atom is 0.322 e. The molecule has 0 radical (unpaired) electrons. The van der Waals surface area contributed by atoms with Crippen molar-refractivity contribution in [3.63, 3.8) is 0 Å². The molecule has 2 heterocycles. The first kappa shape index (κ1) is 14.8. The zero-order chi connectivity index (χ0) is 13.8. The average Bonchev–Trinajstić information content (AvgIpc) is 2.66. The first-order valence-corrected chi connectivity index (χ1v) is 7.35. The maximum atomic E-state index is 11.6. The average molecular weight is 269 g/mol. The minimum Gasteiger partial charge on any atom is -0.468 e. The number of likely N-dealkylation sites (tertiary alicyclic amines) is 1. The third kappa shape index (κ3) is 3.46. The molecule has 0 saturated carbocycles. The van der Waals surface area contributed by atoms with E-state index >= 15 is 0 Å². The monoisotopic (exact) mass is 269 g/mol. The molecule has 0 amide bonds. The molecule has 2 aliphatic heterocycles. The molecular weight excluding hydrogens is 242 g/mol. The van der Waals surface area contributed by atoms with Crippen LogP contribution in [0, 0.1) is 0 Å². The van der Waals surface area contributed by atoms with Gasteiger partial charge in [-0.3, -0.25) is 9.69 Å². The van der Waals surface area contributed by atoms with Gasteiger partial charge >= 0.3 is 5.97 Å². The lowest BCUT2D eigenvalue weighted by molar-refractivity contribution is -0.143. The van der Waals surface area contributed by atoms with E-state index in [9.17, 15) is 4.79 Å². The molecule has 110 valence electrons. The molecule has 0 aliphatic carbocycles. The molecule has 3 unspecified atom stereocenters. The van der Waals surface area contributed by atoms with E-state index in [4.69, 9.17) is 4.74 Å². The zero-order valence-electron chi connectivity index (χ0n) is 12.4. The second kappa shape index (κ2) is 6.68. The van der Waals surface area contributed by atoms with Crippen LogP contribution in [0.4, 0.5) is 0 Å². The van der Waals surface area contributed by atoms with Crippen LogP contribution in [-0.2, 0) is 9.53 Å². The van der Waals surface area contributed by atoms with Crippen molar-refractivity contribution in [2.24, 2.45) is 0 Å². The lowest BCUT2D eigenvalue weighted by Gasteiger charge is -2.26. The number of hydrogen-bond acceptors (Lipinski definition) is 5. The molecule has 2 aliphatic rings. The number of likely N-dealkylation sites (N-methyl/N-ethyl adjacent to an activating group) is 2. The predicted octanol–water partition coefficient (Wildman–Crippen LogP) is 0.306. The molecule has 0 aromatic rings. The van der Waals surface area contributed by atoms with Crippen molar-refractivity contribution in [1.29, 1.82) is 0 Å². The highest BCUT2D eigenvalue weighted by Gasteiger charge is 2.34. The van der Waals surface area contributed by atoms with Crippen LogP contribution in [-0.4, -0.2) is 74.7 Å². The quantitative estimate of drug-likeness (QED) is 0.728. The van der Waals surface area contributed by atoms with Crippen LogP contribution in [0.2, 0.25) is 0 Å². The highest BCUT2D eigenvalue weighted by atomic mass is 16.5. The standard InChI is InChI=1S/C14H27N3O2/c1-15-13(14(18)19-3)7-9-17-8-6-11-4-5-12(10-17)16(11)2/h11-13,15H,4-10H2,1-3H3. The Kier molecular flexibility index (Phi) is 5.19. The Bertz CT molecular complexity index is 311. The fourth-order valence-corrected chi connectivity index (χ4v) is 3.42. The van der Waals surface area contributed by atoms with Gasteiger partial charge in [0.15, 0.2) is 0 Å². The lowest BCUT2D eigenvalue weighted by atomic mass is 10.1. The van der Waals surface area contributed by atoms with Crippen LogP contribution < -0.4 is 5.32 Å². The van der Waals surface area contributed by atoms with Crippen LogP contribution in [0.5, 0.6) is 0 Å². The van der Waals surface area contributed by atoms with E-state index in [2.05, 4.69) is 22.2 Å². The molecule has 2 rings (SSSR count). The summed E-state index contributed by atoms with van der Waals surface area (Å²) in [6.07, 6.45) is 4.76. The second-order valence-electron chi connectivity index (χ2n) is 5.79. The van der Waals surface area contributed by atoms with Crippen LogP contribution in [0.25, 0.3) is 0 Å². The summed E-state index contributed by atoms with van der Waals surface area (Å²) in [7, 11) is 5.53. The molecule has 2 bridgehead atoms. The summed E-state index contributed by atoms with van der Waals surface area (Å²) >= 11 is 0. The highest BCUT2D eigenvalue weighted by Crippen LogP contribution is 2.28. The van der Waals surface area contributed by atoms with Crippen molar-refractivity contribution < 1.29 is 9.53 Å². The molecule has 5 heteroatoms. The summed E-state index contributed by atoms with van der Waals surface area (Å²) in [5.74, 6) is -0.157. The Morgan fingerprint density at radius 1 is 1.37 bits per heavy atom. The van der Waals surface area contributed by atoms with Gasteiger partial charge in [0.25, 0.3) is 0 Å². The molecule has 1 N–H and O–H groups in total. The summed E-state index contributed by atoms with van der Waals surface area (Å²) < 4.78 is 4.81. The van der Waals surface area contributed by atoms with Gasteiger partial charge in [-0.15, -0.1) is 0 Å². The van der Waals surface area contributed by atoms with Crippen molar-refractivity contribution in [3.05, 3.63) is 0 Å². The summed E-state index contributed by atoms with van der Waals surface area (Å²) in [5, 5.41) is 3.04. The zero-order valence-corrected chi connectivity index (χ0v) is 12.4. The molecule has 0 aromatic heterocycles. The van der Waals surface area contributed by atoms with E-state index in [0.717, 1.165) is 32.1 Å². The van der Waals surface area contributed by atoms with Gasteiger partial charge in [0, 0.05) is 25.2 Å². The molecular formula is C14H27N3O2. The first-order valence-electron chi connectivity index (χ1n) is 7.35. The van der Waals surface area contributed by atoms with Crippen molar-refractivity contribution in [2.45, 2.75) is 43.8 Å². The van der Waals surface area contributed by atoms with E-state index in [-0.39, 0.29) is 12.0 Å². The lowest BCUT2D eigenvalue weighted by Crippen LogP contribution is -2.41. The molecule has 19 heavy (non-hydrogen) atoms. The van der Waals surface area contributed by atoms with Crippen LogP contribution >= 0.6 is 0 Å². The van der Waals surface area contributed by atoms with Gasteiger partial charge in [-0.05, 0) is 46.3 Å².